The standard InChI is InChI=1S/C26H33N3O6S/c1-6-33-24(30)17-29(36(31,32)28(4)5)16-20-12-14-22(15-13-20)34-18-23-25(19(2)3)35-26(27-23)21-10-8-7-9-11-21/h7-15,19H,6,16-18H2,1-5H3. The van der Waals surface area contributed by atoms with E-state index in [-0.39, 0.29) is 32.2 Å². The molecule has 0 unspecified atom stereocenters. The number of hydrogen-bond donors (Lipinski definition) is 0. The van der Waals surface area contributed by atoms with Crippen LogP contribution in [0.25, 0.3) is 11.5 Å². The van der Waals surface area contributed by atoms with Gasteiger partial charge in [-0.25, -0.2) is 4.98 Å². The summed E-state index contributed by atoms with van der Waals surface area (Å²) in [5.74, 6) is 1.46. The van der Waals surface area contributed by atoms with E-state index in [9.17, 15) is 13.2 Å². The average molecular weight is 516 g/mol. The maximum Gasteiger partial charge on any atom is 0.321 e. The molecule has 0 aliphatic rings. The topological polar surface area (TPSA) is 102 Å². The summed E-state index contributed by atoms with van der Waals surface area (Å²) < 4.78 is 44.5. The van der Waals surface area contributed by atoms with Crippen LogP contribution < -0.4 is 4.74 Å². The Balaban J connectivity index is 1.71. The molecule has 0 atom stereocenters. The minimum Gasteiger partial charge on any atom is -0.487 e. The van der Waals surface area contributed by atoms with Gasteiger partial charge in [0.15, 0.2) is 0 Å². The highest BCUT2D eigenvalue weighted by Gasteiger charge is 2.27. The Kier molecular flexibility index (Phi) is 9.25. The molecule has 194 valence electrons. The van der Waals surface area contributed by atoms with Crippen molar-refractivity contribution in [1.29, 1.82) is 0 Å². The first-order valence-corrected chi connectivity index (χ1v) is 13.1. The smallest absolute Gasteiger partial charge is 0.321 e. The second-order valence-electron chi connectivity index (χ2n) is 8.65. The molecule has 1 aromatic heterocycles. The van der Waals surface area contributed by atoms with Gasteiger partial charge in [-0.15, -0.1) is 0 Å². The number of oxazole rings is 1. The summed E-state index contributed by atoms with van der Waals surface area (Å²) in [6.07, 6.45) is 0. The van der Waals surface area contributed by atoms with Crippen LogP contribution in [0.1, 0.15) is 43.7 Å². The third-order valence-corrected chi connectivity index (χ3v) is 7.16. The lowest BCUT2D eigenvalue weighted by atomic mass is 10.1. The number of aromatic nitrogens is 1. The minimum absolute atomic E-state index is 0.0147. The molecular formula is C26H33N3O6S. The quantitative estimate of drug-likeness (QED) is 0.333. The Hall–Kier alpha value is -3.21. The van der Waals surface area contributed by atoms with Crippen molar-refractivity contribution in [3.63, 3.8) is 0 Å². The van der Waals surface area contributed by atoms with Crippen LogP contribution in [-0.2, 0) is 32.9 Å². The molecule has 0 aliphatic heterocycles. The number of carbonyl (C=O) groups is 1. The molecule has 0 aliphatic carbocycles. The molecule has 1 heterocycles. The Morgan fingerprint density at radius 1 is 1.06 bits per heavy atom. The Labute approximate surface area is 212 Å². The summed E-state index contributed by atoms with van der Waals surface area (Å²) in [5.41, 5.74) is 2.33. The second-order valence-corrected chi connectivity index (χ2v) is 10.8. The number of nitrogens with zero attached hydrogens (tertiary/aromatic N) is 3. The van der Waals surface area contributed by atoms with Gasteiger partial charge < -0.3 is 13.9 Å². The number of esters is 1. The lowest BCUT2D eigenvalue weighted by molar-refractivity contribution is -0.143. The highest BCUT2D eigenvalue weighted by Crippen LogP contribution is 2.28. The molecule has 0 amide bonds. The zero-order chi connectivity index (χ0) is 26.3. The predicted molar refractivity (Wildman–Crippen MR) is 136 cm³/mol. The van der Waals surface area contributed by atoms with Crippen molar-refractivity contribution in [2.24, 2.45) is 0 Å². The van der Waals surface area contributed by atoms with Gasteiger partial charge in [-0.1, -0.05) is 44.2 Å². The van der Waals surface area contributed by atoms with Gasteiger partial charge in [0.05, 0.1) is 6.61 Å². The average Bonchev–Trinajstić information content (AvgIpc) is 3.28. The van der Waals surface area contributed by atoms with Crippen LogP contribution in [0.5, 0.6) is 5.75 Å². The van der Waals surface area contributed by atoms with Crippen molar-refractivity contribution in [3.05, 3.63) is 71.6 Å². The van der Waals surface area contributed by atoms with Gasteiger partial charge in [-0.05, 0) is 36.8 Å². The van der Waals surface area contributed by atoms with Crippen molar-refractivity contribution < 1.29 is 27.1 Å². The second kappa shape index (κ2) is 12.2. The molecule has 2 aromatic carbocycles. The van der Waals surface area contributed by atoms with E-state index in [1.807, 2.05) is 44.2 Å². The number of rotatable bonds is 12. The fourth-order valence-corrected chi connectivity index (χ4v) is 4.51. The van der Waals surface area contributed by atoms with Crippen molar-refractivity contribution >= 4 is 16.2 Å². The summed E-state index contributed by atoms with van der Waals surface area (Å²) in [4.78, 5) is 16.6. The zero-order valence-electron chi connectivity index (χ0n) is 21.3. The first kappa shape index (κ1) is 27.4. The molecule has 0 N–H and O–H groups in total. The van der Waals surface area contributed by atoms with Gasteiger partial charge in [0.25, 0.3) is 10.2 Å². The third kappa shape index (κ3) is 6.93. The minimum atomic E-state index is -3.82. The van der Waals surface area contributed by atoms with Crippen LogP contribution in [-0.4, -0.2) is 55.2 Å². The SMILES string of the molecule is CCOC(=O)CN(Cc1ccc(OCc2nc(-c3ccccc3)oc2C(C)C)cc1)S(=O)(=O)N(C)C. The molecular weight excluding hydrogens is 482 g/mol. The highest BCUT2D eigenvalue weighted by molar-refractivity contribution is 7.86. The fraction of sp³-hybridized carbons (Fsp3) is 0.385. The first-order valence-electron chi connectivity index (χ1n) is 11.7. The van der Waals surface area contributed by atoms with Crippen molar-refractivity contribution in [3.8, 4) is 17.2 Å². The van der Waals surface area contributed by atoms with E-state index < -0.39 is 16.2 Å². The molecule has 0 radical (unpaired) electrons. The van der Waals surface area contributed by atoms with E-state index >= 15 is 0 Å². The normalized spacial score (nSPS) is 11.9. The number of ether oxygens (including phenoxy) is 2. The molecule has 9 nitrogen and oxygen atoms in total. The summed E-state index contributed by atoms with van der Waals surface area (Å²) in [6.45, 7) is 5.80. The fourth-order valence-electron chi connectivity index (χ4n) is 3.47. The Morgan fingerprint density at radius 2 is 1.72 bits per heavy atom. The lowest BCUT2D eigenvalue weighted by Crippen LogP contribution is -2.42. The van der Waals surface area contributed by atoms with E-state index in [1.165, 1.54) is 14.1 Å². The lowest BCUT2D eigenvalue weighted by Gasteiger charge is -2.24. The Morgan fingerprint density at radius 3 is 2.31 bits per heavy atom. The summed E-state index contributed by atoms with van der Waals surface area (Å²) >= 11 is 0. The maximum atomic E-state index is 12.7. The van der Waals surface area contributed by atoms with Crippen LogP contribution >= 0.6 is 0 Å². The van der Waals surface area contributed by atoms with E-state index in [4.69, 9.17) is 13.9 Å². The summed E-state index contributed by atoms with van der Waals surface area (Å²) in [5, 5.41) is 0. The van der Waals surface area contributed by atoms with Crippen LogP contribution in [0.3, 0.4) is 0 Å². The van der Waals surface area contributed by atoms with Gasteiger partial charge >= 0.3 is 5.97 Å². The van der Waals surface area contributed by atoms with Crippen LogP contribution in [0.2, 0.25) is 0 Å². The Bertz CT molecular complexity index is 1240. The van der Waals surface area contributed by atoms with E-state index in [1.54, 1.807) is 31.2 Å². The predicted octanol–water partition coefficient (Wildman–Crippen LogP) is 4.22. The largest absolute Gasteiger partial charge is 0.487 e. The molecule has 36 heavy (non-hydrogen) atoms. The van der Waals surface area contributed by atoms with Crippen molar-refractivity contribution in [2.45, 2.75) is 39.8 Å². The van der Waals surface area contributed by atoms with Gasteiger partial charge in [0.1, 0.15) is 30.4 Å². The third-order valence-electron chi connectivity index (χ3n) is 5.33. The molecule has 10 heteroatoms. The van der Waals surface area contributed by atoms with Gasteiger partial charge in [-0.3, -0.25) is 4.79 Å². The number of carbonyl (C=O) groups excluding carboxylic acids is 1. The van der Waals surface area contributed by atoms with Crippen LogP contribution in [0.4, 0.5) is 0 Å². The first-order chi connectivity index (χ1) is 17.1. The van der Waals surface area contributed by atoms with Crippen molar-refractivity contribution in [1.82, 2.24) is 13.6 Å². The van der Waals surface area contributed by atoms with Gasteiger partial charge in [-0.2, -0.15) is 17.0 Å². The van der Waals surface area contributed by atoms with Gasteiger partial charge in [0, 0.05) is 32.1 Å². The highest BCUT2D eigenvalue weighted by atomic mass is 32.2. The molecule has 0 bridgehead atoms. The monoisotopic (exact) mass is 515 g/mol. The zero-order valence-corrected chi connectivity index (χ0v) is 22.1. The van der Waals surface area contributed by atoms with Crippen LogP contribution in [0.15, 0.2) is 59.0 Å². The van der Waals surface area contributed by atoms with Crippen LogP contribution in [0, 0.1) is 0 Å². The summed E-state index contributed by atoms with van der Waals surface area (Å²) in [6, 6.07) is 16.7. The molecule has 0 fully saturated rings. The van der Waals surface area contributed by atoms with E-state index in [0.717, 1.165) is 25.6 Å². The molecule has 0 saturated heterocycles. The number of hydrogen-bond acceptors (Lipinski definition) is 7. The molecule has 3 aromatic rings. The maximum absolute atomic E-state index is 12.7. The molecule has 0 spiro atoms. The molecule has 0 saturated carbocycles. The van der Waals surface area contributed by atoms with E-state index in [2.05, 4.69) is 4.98 Å². The van der Waals surface area contributed by atoms with Crippen molar-refractivity contribution in [2.75, 3.05) is 27.2 Å². The van der Waals surface area contributed by atoms with Gasteiger partial charge in [0.2, 0.25) is 5.89 Å². The number of benzene rings is 2. The molecule has 3 rings (SSSR count). The van der Waals surface area contributed by atoms with E-state index in [0.29, 0.717) is 17.2 Å². The summed E-state index contributed by atoms with van der Waals surface area (Å²) in [7, 11) is -0.985.